The molecule has 0 aliphatic carbocycles. The SMILES string of the molecule is CCOC(=O)CNC(=O)NCc1ccc(C2OC(CSc3cccc[n+]3[O-])C(C)C(c3ccc(CO)cc3)O2)cc1. The minimum absolute atomic E-state index is 0.0147. The average Bonchev–Trinajstić information content (AvgIpc) is 2.99. The highest BCUT2D eigenvalue weighted by Crippen LogP contribution is 2.42. The van der Waals surface area contributed by atoms with Crippen molar-refractivity contribution < 1.29 is 33.6 Å². The van der Waals surface area contributed by atoms with Crippen molar-refractivity contribution in [1.29, 1.82) is 0 Å². The molecule has 1 saturated heterocycles. The maximum atomic E-state index is 12.2. The van der Waals surface area contributed by atoms with Crippen LogP contribution in [0.3, 0.4) is 0 Å². The molecule has 1 aromatic heterocycles. The lowest BCUT2D eigenvalue weighted by Crippen LogP contribution is -2.39. The number of carbonyl (C=O) groups is 2. The quantitative estimate of drug-likeness (QED) is 0.135. The van der Waals surface area contributed by atoms with E-state index in [1.807, 2.05) is 54.6 Å². The summed E-state index contributed by atoms with van der Waals surface area (Å²) in [6, 6.07) is 20.1. The highest BCUT2D eigenvalue weighted by Gasteiger charge is 2.38. The lowest BCUT2D eigenvalue weighted by atomic mass is 9.91. The third-order valence-corrected chi connectivity index (χ3v) is 7.82. The van der Waals surface area contributed by atoms with E-state index in [1.165, 1.54) is 18.0 Å². The van der Waals surface area contributed by atoms with Crippen molar-refractivity contribution in [3.8, 4) is 0 Å². The first-order valence-corrected chi connectivity index (χ1v) is 14.4. The number of carbonyl (C=O) groups excluding carboxylic acids is 2. The minimum atomic E-state index is -0.649. The van der Waals surface area contributed by atoms with Gasteiger partial charge >= 0.3 is 12.0 Å². The van der Waals surface area contributed by atoms with E-state index in [9.17, 15) is 19.9 Å². The minimum Gasteiger partial charge on any atom is -0.618 e. The molecular weight excluding hydrogens is 546 g/mol. The van der Waals surface area contributed by atoms with Gasteiger partial charge in [0.05, 0.1) is 25.4 Å². The summed E-state index contributed by atoms with van der Waals surface area (Å²) in [6.45, 7) is 4.06. The zero-order chi connectivity index (χ0) is 29.2. The molecule has 4 rings (SSSR count). The fourth-order valence-electron chi connectivity index (χ4n) is 4.40. The van der Waals surface area contributed by atoms with Crippen LogP contribution in [0, 0.1) is 11.1 Å². The van der Waals surface area contributed by atoms with Gasteiger partial charge in [0.15, 0.2) is 12.5 Å². The van der Waals surface area contributed by atoms with E-state index >= 15 is 0 Å². The van der Waals surface area contributed by atoms with Crippen LogP contribution >= 0.6 is 11.8 Å². The monoisotopic (exact) mass is 581 g/mol. The summed E-state index contributed by atoms with van der Waals surface area (Å²) >= 11 is 1.44. The number of aliphatic hydroxyl groups excluding tert-OH is 1. The second-order valence-corrected chi connectivity index (χ2v) is 10.6. The normalized spacial score (nSPS) is 20.3. The van der Waals surface area contributed by atoms with Crippen LogP contribution in [0.25, 0.3) is 0 Å². The zero-order valence-electron chi connectivity index (χ0n) is 23.0. The van der Waals surface area contributed by atoms with E-state index in [4.69, 9.17) is 14.2 Å². The summed E-state index contributed by atoms with van der Waals surface area (Å²) in [4.78, 5) is 23.4. The molecule has 3 N–H and O–H groups in total. The molecule has 1 fully saturated rings. The third-order valence-electron chi connectivity index (χ3n) is 6.71. The van der Waals surface area contributed by atoms with Crippen LogP contribution in [-0.4, -0.2) is 42.1 Å². The summed E-state index contributed by atoms with van der Waals surface area (Å²) in [5.41, 5.74) is 3.47. The van der Waals surface area contributed by atoms with Crippen LogP contribution in [-0.2, 0) is 32.2 Å². The van der Waals surface area contributed by atoms with Gasteiger partial charge in [-0.25, -0.2) is 4.79 Å². The van der Waals surface area contributed by atoms with E-state index < -0.39 is 18.3 Å². The Bertz CT molecular complexity index is 1290. The number of hydrogen-bond acceptors (Lipinski definition) is 8. The summed E-state index contributed by atoms with van der Waals surface area (Å²) in [5, 5.41) is 27.4. The highest BCUT2D eigenvalue weighted by molar-refractivity contribution is 7.99. The zero-order valence-corrected chi connectivity index (χ0v) is 23.8. The number of ether oxygens (including phenoxy) is 3. The predicted molar refractivity (Wildman–Crippen MR) is 152 cm³/mol. The summed E-state index contributed by atoms with van der Waals surface area (Å²) in [7, 11) is 0. The first-order chi connectivity index (χ1) is 19.9. The Labute approximate surface area is 243 Å². The van der Waals surface area contributed by atoms with Crippen molar-refractivity contribution in [1.82, 2.24) is 10.6 Å². The van der Waals surface area contributed by atoms with Gasteiger partial charge in [0, 0.05) is 35.9 Å². The van der Waals surface area contributed by atoms with Gasteiger partial charge in [-0.05, 0) is 29.7 Å². The molecule has 1 aliphatic rings. The molecule has 10 nitrogen and oxygen atoms in total. The van der Waals surface area contributed by atoms with Gasteiger partial charge in [0.25, 0.3) is 5.03 Å². The third kappa shape index (κ3) is 8.43. The van der Waals surface area contributed by atoms with E-state index in [-0.39, 0.29) is 44.4 Å². The molecular formula is C30H35N3O7S. The maximum absolute atomic E-state index is 12.2. The number of nitrogens with one attached hydrogen (secondary N) is 2. The summed E-state index contributed by atoms with van der Waals surface area (Å²) in [6.07, 6.45) is 0.340. The molecule has 4 atom stereocenters. The molecule has 0 bridgehead atoms. The van der Waals surface area contributed by atoms with Gasteiger partial charge in [-0.2, -0.15) is 4.73 Å². The Morgan fingerprint density at radius 3 is 2.39 bits per heavy atom. The predicted octanol–water partition coefficient (Wildman–Crippen LogP) is 3.76. The van der Waals surface area contributed by atoms with Crippen molar-refractivity contribution in [2.24, 2.45) is 5.92 Å². The van der Waals surface area contributed by atoms with Crippen LogP contribution < -0.4 is 15.4 Å². The number of rotatable bonds is 11. The number of amides is 2. The van der Waals surface area contributed by atoms with Crippen molar-refractivity contribution in [2.45, 2.75) is 50.5 Å². The molecule has 0 saturated carbocycles. The Morgan fingerprint density at radius 1 is 1.00 bits per heavy atom. The molecule has 2 aromatic carbocycles. The van der Waals surface area contributed by atoms with E-state index in [0.717, 1.165) is 27.0 Å². The topological polar surface area (TPSA) is 133 Å². The Balaban J connectivity index is 1.44. The highest BCUT2D eigenvalue weighted by atomic mass is 32.2. The molecule has 2 heterocycles. The second kappa shape index (κ2) is 14.8. The number of aliphatic hydroxyl groups is 1. The molecule has 11 heteroatoms. The molecule has 0 radical (unpaired) electrons. The van der Waals surface area contributed by atoms with Gasteiger partial charge in [-0.1, -0.05) is 67.2 Å². The lowest BCUT2D eigenvalue weighted by Gasteiger charge is -2.41. The fourth-order valence-corrected chi connectivity index (χ4v) is 5.48. The molecule has 218 valence electrons. The Morgan fingerprint density at radius 2 is 1.71 bits per heavy atom. The summed E-state index contributed by atoms with van der Waals surface area (Å²) in [5.74, 6) is 0.0461. The smallest absolute Gasteiger partial charge is 0.325 e. The van der Waals surface area contributed by atoms with Crippen molar-refractivity contribution in [3.63, 3.8) is 0 Å². The molecule has 2 amide bonds. The van der Waals surface area contributed by atoms with Crippen LogP contribution in [0.4, 0.5) is 4.79 Å². The van der Waals surface area contributed by atoms with Crippen LogP contribution in [0.15, 0.2) is 78.0 Å². The van der Waals surface area contributed by atoms with Gasteiger partial charge in [-0.3, -0.25) is 4.79 Å². The molecule has 1 aliphatic heterocycles. The average molecular weight is 582 g/mol. The van der Waals surface area contributed by atoms with Gasteiger partial charge < -0.3 is 35.2 Å². The first kappa shape index (κ1) is 30.3. The van der Waals surface area contributed by atoms with Gasteiger partial charge in [-0.15, -0.1) is 0 Å². The van der Waals surface area contributed by atoms with Crippen LogP contribution in [0.5, 0.6) is 0 Å². The first-order valence-electron chi connectivity index (χ1n) is 13.5. The summed E-state index contributed by atoms with van der Waals surface area (Å²) < 4.78 is 18.6. The number of hydrogen-bond donors (Lipinski definition) is 3. The van der Waals surface area contributed by atoms with Gasteiger partial charge in [0.1, 0.15) is 6.54 Å². The van der Waals surface area contributed by atoms with Crippen molar-refractivity contribution in [2.75, 3.05) is 18.9 Å². The molecule has 3 aromatic rings. The lowest BCUT2D eigenvalue weighted by molar-refractivity contribution is -0.645. The van der Waals surface area contributed by atoms with Crippen LogP contribution in [0.2, 0.25) is 0 Å². The molecule has 0 spiro atoms. The standard InChI is InChI=1S/C30H35N3O7S/c1-3-38-27(35)17-32-30(36)31-16-21-7-13-24(14-8-21)29-39-25(19-41-26-6-4-5-15-33(26)37)20(2)28(40-29)23-11-9-22(18-34)10-12-23/h4-15,20,25,28-29,34H,3,16-19H2,1-2H3,(H2,31,32,36). The number of esters is 1. The molecule has 4 unspecified atom stereocenters. The molecule has 41 heavy (non-hydrogen) atoms. The number of urea groups is 1. The number of thioether (sulfide) groups is 1. The van der Waals surface area contributed by atoms with Crippen molar-refractivity contribution >= 4 is 23.8 Å². The number of pyridine rings is 1. The largest absolute Gasteiger partial charge is 0.618 e. The number of benzene rings is 2. The Hall–Kier alpha value is -3.64. The Kier molecular flexibility index (Phi) is 11.0. The van der Waals surface area contributed by atoms with Gasteiger partial charge in [0.2, 0.25) is 0 Å². The van der Waals surface area contributed by atoms with Crippen molar-refractivity contribution in [3.05, 3.63) is 100 Å². The number of aromatic nitrogens is 1. The van der Waals surface area contributed by atoms with E-state index in [0.29, 0.717) is 10.8 Å². The van der Waals surface area contributed by atoms with Crippen LogP contribution in [0.1, 0.15) is 48.5 Å². The number of nitrogens with zero attached hydrogens (tertiary/aromatic N) is 1. The maximum Gasteiger partial charge on any atom is 0.325 e. The second-order valence-electron chi connectivity index (χ2n) is 9.58. The van der Waals surface area contributed by atoms with E-state index in [2.05, 4.69) is 17.6 Å². The fraction of sp³-hybridized carbons (Fsp3) is 0.367. The van der Waals surface area contributed by atoms with E-state index in [1.54, 1.807) is 19.1 Å².